The van der Waals surface area contributed by atoms with Crippen LogP contribution in [-0.2, 0) is 23.4 Å². The van der Waals surface area contributed by atoms with Gasteiger partial charge in [0.1, 0.15) is 0 Å². The van der Waals surface area contributed by atoms with E-state index in [0.717, 1.165) is 16.5 Å². The molecule has 0 unspecified atom stereocenters. The normalized spacial score (nSPS) is 24.0. The van der Waals surface area contributed by atoms with Crippen LogP contribution in [0.2, 0.25) is 0 Å². The zero-order valence-electron chi connectivity index (χ0n) is 20.1. The largest absolute Gasteiger partial charge is 0.496 e. The van der Waals surface area contributed by atoms with Crippen molar-refractivity contribution in [2.24, 2.45) is 0 Å². The standard InChI is InChI=1S/C22H33B2NO5S/c1-15(26)31-14-18(24-29-21(6,7)22(8,9)30-24)11-16-10-17(13-25-12-16)23-27-19(2,3)20(4,5)28-23/h10-13H,14H2,1-9H3. The third kappa shape index (κ3) is 5.11. The van der Waals surface area contributed by atoms with Crippen molar-refractivity contribution < 1.29 is 23.4 Å². The number of pyridine rings is 1. The molecule has 168 valence electrons. The quantitative estimate of drug-likeness (QED) is 0.641. The Hall–Kier alpha value is -1.12. The Morgan fingerprint density at radius 1 is 0.935 bits per heavy atom. The van der Waals surface area contributed by atoms with E-state index in [-0.39, 0.29) is 5.12 Å². The maximum Gasteiger partial charge on any atom is 0.496 e. The monoisotopic (exact) mass is 445 g/mol. The smallest absolute Gasteiger partial charge is 0.400 e. The Kier molecular flexibility index (Phi) is 6.60. The predicted molar refractivity (Wildman–Crippen MR) is 127 cm³/mol. The maximum absolute atomic E-state index is 11.6. The summed E-state index contributed by atoms with van der Waals surface area (Å²) in [6, 6.07) is 2.00. The van der Waals surface area contributed by atoms with Gasteiger partial charge in [0.2, 0.25) is 0 Å². The summed E-state index contributed by atoms with van der Waals surface area (Å²) in [5, 5.41) is 0.0477. The Morgan fingerprint density at radius 3 is 1.97 bits per heavy atom. The Labute approximate surface area is 191 Å². The van der Waals surface area contributed by atoms with E-state index in [0.29, 0.717) is 5.75 Å². The van der Waals surface area contributed by atoms with Crippen molar-refractivity contribution >= 4 is 42.7 Å². The van der Waals surface area contributed by atoms with Crippen LogP contribution >= 0.6 is 11.8 Å². The summed E-state index contributed by atoms with van der Waals surface area (Å²) in [6.45, 7) is 17.7. The average Bonchev–Trinajstić information content (AvgIpc) is 2.98. The van der Waals surface area contributed by atoms with Crippen LogP contribution in [0.4, 0.5) is 0 Å². The molecule has 1 aromatic rings. The average molecular weight is 445 g/mol. The molecule has 1 aromatic heterocycles. The van der Waals surface area contributed by atoms with Gasteiger partial charge in [-0.3, -0.25) is 9.78 Å². The van der Waals surface area contributed by atoms with Gasteiger partial charge in [0.25, 0.3) is 0 Å². The number of carbonyl (C=O) groups is 1. The summed E-state index contributed by atoms with van der Waals surface area (Å²) >= 11 is 1.24. The summed E-state index contributed by atoms with van der Waals surface area (Å²) in [6.07, 6.45) is 5.52. The third-order valence-electron chi connectivity index (χ3n) is 6.66. The molecule has 9 heteroatoms. The van der Waals surface area contributed by atoms with Gasteiger partial charge in [-0.2, -0.15) is 0 Å². The number of rotatable bonds is 5. The van der Waals surface area contributed by atoms with Crippen molar-refractivity contribution in [2.75, 3.05) is 5.75 Å². The minimum absolute atomic E-state index is 0.0477. The molecule has 0 aliphatic carbocycles. The molecular weight excluding hydrogens is 412 g/mol. The lowest BCUT2D eigenvalue weighted by molar-refractivity contribution is -0.109. The molecule has 0 spiro atoms. The van der Waals surface area contributed by atoms with E-state index < -0.39 is 36.6 Å². The van der Waals surface area contributed by atoms with Crippen molar-refractivity contribution in [2.45, 2.75) is 84.7 Å². The SMILES string of the molecule is CC(=O)SCC(=Cc1cncc(B2OC(C)(C)C(C)(C)O2)c1)B1OC(C)(C)C(C)(C)O1. The van der Waals surface area contributed by atoms with Crippen molar-refractivity contribution in [1.82, 2.24) is 4.98 Å². The topological polar surface area (TPSA) is 66.9 Å². The van der Waals surface area contributed by atoms with Gasteiger partial charge >= 0.3 is 14.2 Å². The van der Waals surface area contributed by atoms with E-state index in [2.05, 4.69) is 4.98 Å². The summed E-state index contributed by atoms with van der Waals surface area (Å²) < 4.78 is 24.8. The third-order valence-corrected chi connectivity index (χ3v) is 7.54. The number of hydrogen-bond acceptors (Lipinski definition) is 7. The fourth-order valence-electron chi connectivity index (χ4n) is 3.23. The molecule has 3 rings (SSSR count). The molecule has 0 N–H and O–H groups in total. The fourth-order valence-corrected chi connectivity index (χ4v) is 3.82. The molecule has 2 fully saturated rings. The van der Waals surface area contributed by atoms with Crippen LogP contribution in [0.1, 0.15) is 67.9 Å². The molecule has 31 heavy (non-hydrogen) atoms. The van der Waals surface area contributed by atoms with Gasteiger partial charge in [-0.15, -0.1) is 0 Å². The van der Waals surface area contributed by atoms with E-state index in [1.807, 2.05) is 67.5 Å². The second kappa shape index (κ2) is 8.34. The summed E-state index contributed by atoms with van der Waals surface area (Å²) in [5.74, 6) is 0.479. The molecule has 0 radical (unpaired) electrons. The molecule has 0 saturated carbocycles. The van der Waals surface area contributed by atoms with Crippen LogP contribution in [0.3, 0.4) is 0 Å². The molecule has 2 aliphatic heterocycles. The van der Waals surface area contributed by atoms with Gasteiger partial charge in [0.05, 0.1) is 22.4 Å². The van der Waals surface area contributed by atoms with Gasteiger partial charge in [-0.1, -0.05) is 23.9 Å². The molecular formula is C22H33B2NO5S. The lowest BCUT2D eigenvalue weighted by atomic mass is 9.77. The molecule has 2 saturated heterocycles. The minimum atomic E-state index is -0.530. The van der Waals surface area contributed by atoms with E-state index in [9.17, 15) is 4.79 Å². The first-order chi connectivity index (χ1) is 14.1. The summed E-state index contributed by atoms with van der Waals surface area (Å²) in [5.41, 5.74) is 0.846. The number of carbonyl (C=O) groups excluding carboxylic acids is 1. The first-order valence-corrected chi connectivity index (χ1v) is 11.6. The van der Waals surface area contributed by atoms with Crippen LogP contribution in [-0.4, -0.2) is 52.5 Å². The second-order valence-electron chi connectivity index (χ2n) is 10.2. The summed E-state index contributed by atoms with van der Waals surface area (Å²) in [7, 11) is -1.02. The summed E-state index contributed by atoms with van der Waals surface area (Å²) in [4.78, 5) is 16.0. The minimum Gasteiger partial charge on any atom is -0.400 e. The molecule has 0 amide bonds. The Balaban J connectivity index is 1.89. The van der Waals surface area contributed by atoms with Crippen LogP contribution in [0.15, 0.2) is 23.9 Å². The highest BCUT2D eigenvalue weighted by Crippen LogP contribution is 2.39. The van der Waals surface area contributed by atoms with E-state index in [1.54, 1.807) is 19.3 Å². The van der Waals surface area contributed by atoms with Gasteiger partial charge in [0, 0.05) is 30.5 Å². The predicted octanol–water partition coefficient (Wildman–Crippen LogP) is 3.68. The highest BCUT2D eigenvalue weighted by molar-refractivity contribution is 8.13. The van der Waals surface area contributed by atoms with Crippen molar-refractivity contribution in [3.63, 3.8) is 0 Å². The fraction of sp³-hybridized carbons (Fsp3) is 0.636. The number of aromatic nitrogens is 1. The first-order valence-electron chi connectivity index (χ1n) is 10.6. The lowest BCUT2D eigenvalue weighted by Crippen LogP contribution is -2.41. The van der Waals surface area contributed by atoms with Gasteiger partial charge in [-0.05, 0) is 66.4 Å². The van der Waals surface area contributed by atoms with Crippen LogP contribution in [0.25, 0.3) is 6.08 Å². The zero-order valence-corrected chi connectivity index (χ0v) is 20.9. The van der Waals surface area contributed by atoms with Crippen molar-refractivity contribution in [3.8, 4) is 0 Å². The number of hydrogen-bond donors (Lipinski definition) is 0. The number of thioether (sulfide) groups is 1. The molecule has 0 bridgehead atoms. The number of nitrogens with zero attached hydrogens (tertiary/aromatic N) is 1. The molecule has 0 atom stereocenters. The lowest BCUT2D eigenvalue weighted by Gasteiger charge is -2.32. The van der Waals surface area contributed by atoms with Crippen LogP contribution in [0, 0.1) is 0 Å². The zero-order chi connectivity index (χ0) is 23.2. The van der Waals surface area contributed by atoms with E-state index in [4.69, 9.17) is 18.6 Å². The highest BCUT2D eigenvalue weighted by Gasteiger charge is 2.53. The van der Waals surface area contributed by atoms with Gasteiger partial charge in [-0.25, -0.2) is 0 Å². The molecule has 6 nitrogen and oxygen atoms in total. The second-order valence-corrected chi connectivity index (χ2v) is 11.4. The van der Waals surface area contributed by atoms with Crippen LogP contribution in [0.5, 0.6) is 0 Å². The van der Waals surface area contributed by atoms with E-state index in [1.165, 1.54) is 11.8 Å². The van der Waals surface area contributed by atoms with Crippen LogP contribution < -0.4 is 5.46 Å². The maximum atomic E-state index is 11.6. The highest BCUT2D eigenvalue weighted by atomic mass is 32.2. The Bertz CT molecular complexity index is 852. The Morgan fingerprint density at radius 2 is 1.45 bits per heavy atom. The molecule has 3 heterocycles. The van der Waals surface area contributed by atoms with Crippen molar-refractivity contribution in [3.05, 3.63) is 29.5 Å². The van der Waals surface area contributed by atoms with Crippen molar-refractivity contribution in [1.29, 1.82) is 0 Å². The van der Waals surface area contributed by atoms with Gasteiger partial charge < -0.3 is 18.6 Å². The van der Waals surface area contributed by atoms with E-state index >= 15 is 0 Å². The molecule has 2 aliphatic rings. The van der Waals surface area contributed by atoms with Gasteiger partial charge in [0.15, 0.2) is 5.12 Å². The molecule has 0 aromatic carbocycles. The first kappa shape index (κ1) is 24.5.